The van der Waals surface area contributed by atoms with Crippen LogP contribution in [0, 0.1) is 71.0 Å². The number of rotatable bonds is 58. The maximum Gasteiger partial charge on any atom is 0.330 e. The highest BCUT2D eigenvalue weighted by atomic mass is 16.6. The van der Waals surface area contributed by atoms with Gasteiger partial charge in [-0.25, -0.2) is 19.2 Å². The summed E-state index contributed by atoms with van der Waals surface area (Å²) in [7, 11) is 0. The molecule has 0 amide bonds. The Morgan fingerprint density at radius 1 is 0.238 bits per heavy atom. The van der Waals surface area contributed by atoms with E-state index in [1.807, 2.05) is 0 Å². The molecule has 24 nitrogen and oxygen atoms in total. The van der Waals surface area contributed by atoms with Crippen molar-refractivity contribution in [1.29, 1.82) is 0 Å². The highest BCUT2D eigenvalue weighted by Crippen LogP contribution is 2.51. The first-order chi connectivity index (χ1) is 63.3. The van der Waals surface area contributed by atoms with Gasteiger partial charge in [-0.3, -0.25) is 28.8 Å². The molecule has 10 atom stereocenters. The molecule has 0 aliphatic heterocycles. The van der Waals surface area contributed by atoms with Crippen LogP contribution in [0.5, 0.6) is 0 Å². The van der Waals surface area contributed by atoms with Crippen molar-refractivity contribution in [3.63, 3.8) is 0 Å². The Bertz CT molecular complexity index is 3130. The maximum absolute atomic E-state index is 16.1. The summed E-state index contributed by atoms with van der Waals surface area (Å²) in [5, 5.41) is 0. The molecule has 10 unspecified atom stereocenters. The maximum atomic E-state index is 16.1. The Hall–Kier alpha value is -6.50. The second-order valence-corrected chi connectivity index (χ2v) is 39.7. The summed E-state index contributed by atoms with van der Waals surface area (Å²) in [5.41, 5.74) is 0. The van der Waals surface area contributed by atoms with Gasteiger partial charge in [0.25, 0.3) is 0 Å². The van der Waals surface area contributed by atoms with E-state index in [4.69, 9.17) is 66.3 Å². The van der Waals surface area contributed by atoms with Crippen LogP contribution in [0.1, 0.15) is 373 Å². The molecule has 9 fully saturated rings. The topological polar surface area (TPSA) is 300 Å². The lowest BCUT2D eigenvalue weighted by atomic mass is 9.62. The van der Waals surface area contributed by atoms with Crippen LogP contribution in [0.25, 0.3) is 0 Å². The van der Waals surface area contributed by atoms with Gasteiger partial charge in [0.1, 0.15) is 36.6 Å². The van der Waals surface area contributed by atoms with Crippen LogP contribution in [0.3, 0.4) is 0 Å². The van der Waals surface area contributed by atoms with Crippen molar-refractivity contribution in [1.82, 2.24) is 0 Å². The third-order valence-electron chi connectivity index (χ3n) is 30.4. The first-order valence-electron chi connectivity index (χ1n) is 52.2. The molecule has 0 aromatic carbocycles. The summed E-state index contributed by atoms with van der Waals surface area (Å²) in [6.45, 7) is 22.2. The predicted octanol–water partition coefficient (Wildman–Crippen LogP) is 21.3. The number of unbranched alkanes of at least 4 members (excludes halogenated alkanes) is 16. The monoisotopic (exact) mass is 1830 g/mol. The SMILES string of the molecule is C=CC(=O)OCCCCCCOC1CCC(C(=O)OC2CCC(OC(=O)C3CCC(OCCCCCCOC(=O)C=C)CC3)C(C(=O)OC3CC(C4CCC(CCCCC)CC4)C(OC(=O)C4CC(OC(=O)C5CCC(OCCCCCCOC(=O)C=C)CC5)CCC4OC(=O)C4CCC(OCCCCCCOC(=O)C=C)CC4)CC3C3CCC(CCCCC)CC3)C2)CC1. The molecule has 0 bridgehead atoms. The molecule has 9 aliphatic rings. The third-order valence-corrected chi connectivity index (χ3v) is 30.4. The minimum absolute atomic E-state index is 0.0143. The molecule has 736 valence electrons. The number of ether oxygens (including phenoxy) is 14. The van der Waals surface area contributed by atoms with Crippen LogP contribution in [0.4, 0.5) is 0 Å². The molecule has 0 N–H and O–H groups in total. The van der Waals surface area contributed by atoms with Crippen molar-refractivity contribution in [3.05, 3.63) is 50.6 Å². The molecule has 9 aliphatic carbocycles. The van der Waals surface area contributed by atoms with Gasteiger partial charge in [-0.05, 0) is 268 Å². The first-order valence-corrected chi connectivity index (χ1v) is 52.2. The van der Waals surface area contributed by atoms with Crippen LogP contribution in [-0.4, -0.2) is 174 Å². The largest absolute Gasteiger partial charge is 0.463 e. The molecule has 0 aromatic heterocycles. The van der Waals surface area contributed by atoms with Crippen molar-refractivity contribution < 1.29 is 114 Å². The Balaban J connectivity index is 0.919. The fraction of sp³-hybridized carbons (Fsp3) is 0.830. The highest BCUT2D eigenvalue weighted by molar-refractivity contribution is 5.83. The molecule has 24 heteroatoms. The zero-order valence-electron chi connectivity index (χ0n) is 79.9. The standard InChI is InChI=1S/C106H168O24/c1-7-13-23-33-75-35-39-77(40-36-75)89-73-96(130-106(116)92-72-88(126-102(112)80-45-53-84(54-46-80)118-64-26-16-20-30-68-122-98(108)10-4)60-62-94(92)128-104(114)82-49-57-86(58-50-82)120-66-28-18-22-32-70-124-100(110)12-6)90(78-41-37-76(38-42-78)34-24-14-8-2)74-95(89)129-105(115)91-71-87(125-101(111)79-43-51-83(52-44-79)117-63-25-15-19-29-67-121-97(107)9-3)59-61-93(91)127-103(113)81-47-55-85(56-48-81)119-65-27-17-21-31-69-123-99(109)11-5/h9-12,75-96H,3-8,13-74H2,1-2H3. The quantitative estimate of drug-likeness (QED) is 0.0236. The molecule has 0 heterocycles. The summed E-state index contributed by atoms with van der Waals surface area (Å²) in [6.07, 6.45) is 45.5. The van der Waals surface area contributed by atoms with Crippen molar-refractivity contribution in [3.8, 4) is 0 Å². The van der Waals surface area contributed by atoms with Gasteiger partial charge in [0, 0.05) is 75.4 Å². The van der Waals surface area contributed by atoms with Gasteiger partial charge in [0.05, 0.1) is 86.4 Å². The highest BCUT2D eigenvalue weighted by Gasteiger charge is 2.52. The Kier molecular flexibility index (Phi) is 50.7. The first kappa shape index (κ1) is 107. The van der Waals surface area contributed by atoms with Gasteiger partial charge in [-0.15, -0.1) is 0 Å². The number of carbonyl (C=O) groups is 10. The van der Waals surface area contributed by atoms with E-state index in [2.05, 4.69) is 40.2 Å². The zero-order chi connectivity index (χ0) is 92.5. The average Bonchev–Trinajstić information content (AvgIpc) is 0.773. The van der Waals surface area contributed by atoms with Crippen LogP contribution in [0.2, 0.25) is 0 Å². The van der Waals surface area contributed by atoms with E-state index in [1.165, 1.54) is 62.8 Å². The summed E-state index contributed by atoms with van der Waals surface area (Å²) in [5.74, 6) is -5.93. The normalized spacial score (nSPS) is 30.0. The molecule has 0 spiro atoms. The van der Waals surface area contributed by atoms with Crippen molar-refractivity contribution >= 4 is 59.7 Å². The lowest BCUT2D eigenvalue weighted by molar-refractivity contribution is -0.193. The van der Waals surface area contributed by atoms with E-state index >= 15 is 9.59 Å². The van der Waals surface area contributed by atoms with Crippen LogP contribution in [-0.2, 0) is 114 Å². The molecule has 0 radical (unpaired) electrons. The van der Waals surface area contributed by atoms with Gasteiger partial charge in [-0.1, -0.05) is 143 Å². The van der Waals surface area contributed by atoms with E-state index < -0.39 is 84.3 Å². The lowest BCUT2D eigenvalue weighted by Crippen LogP contribution is -2.51. The molecular formula is C106H168O24. The fourth-order valence-electron chi connectivity index (χ4n) is 22.3. The average molecular weight is 1830 g/mol. The van der Waals surface area contributed by atoms with Gasteiger partial charge < -0.3 is 66.3 Å². The van der Waals surface area contributed by atoms with Crippen molar-refractivity contribution in [2.45, 2.75) is 434 Å². The Morgan fingerprint density at radius 3 is 0.746 bits per heavy atom. The van der Waals surface area contributed by atoms with Crippen LogP contribution < -0.4 is 0 Å². The smallest absolute Gasteiger partial charge is 0.330 e. The van der Waals surface area contributed by atoms with E-state index in [1.54, 1.807) is 0 Å². The summed E-state index contributed by atoms with van der Waals surface area (Å²) in [4.78, 5) is 136. The molecular weight excluding hydrogens is 1660 g/mol. The summed E-state index contributed by atoms with van der Waals surface area (Å²) in [6, 6.07) is 0. The van der Waals surface area contributed by atoms with E-state index in [9.17, 15) is 38.4 Å². The van der Waals surface area contributed by atoms with Gasteiger partial charge in [-0.2, -0.15) is 0 Å². The predicted molar refractivity (Wildman–Crippen MR) is 495 cm³/mol. The van der Waals surface area contributed by atoms with E-state index in [0.29, 0.717) is 180 Å². The molecule has 0 saturated heterocycles. The van der Waals surface area contributed by atoms with Crippen molar-refractivity contribution in [2.24, 2.45) is 71.0 Å². The number of hydrogen-bond acceptors (Lipinski definition) is 24. The van der Waals surface area contributed by atoms with Gasteiger partial charge >= 0.3 is 59.7 Å². The molecule has 9 saturated carbocycles. The van der Waals surface area contributed by atoms with Crippen LogP contribution >= 0.6 is 0 Å². The van der Waals surface area contributed by atoms with Crippen LogP contribution in [0.15, 0.2) is 50.6 Å². The number of esters is 10. The second-order valence-electron chi connectivity index (χ2n) is 39.7. The molecule has 130 heavy (non-hydrogen) atoms. The second kappa shape index (κ2) is 61.5. The fourth-order valence-corrected chi connectivity index (χ4v) is 22.3. The minimum atomic E-state index is -0.921. The third kappa shape index (κ3) is 38.7. The summed E-state index contributed by atoms with van der Waals surface area (Å²) < 4.78 is 86.8. The van der Waals surface area contributed by atoms with E-state index in [-0.39, 0.29) is 108 Å². The number of carbonyl (C=O) groups excluding carboxylic acids is 10. The molecule has 0 aromatic rings. The minimum Gasteiger partial charge on any atom is -0.463 e. The zero-order valence-corrected chi connectivity index (χ0v) is 79.9. The number of hydrogen-bond donors (Lipinski definition) is 0. The van der Waals surface area contributed by atoms with E-state index in [0.717, 1.165) is 193 Å². The molecule has 9 rings (SSSR count). The van der Waals surface area contributed by atoms with Gasteiger partial charge in [0.2, 0.25) is 0 Å². The lowest BCUT2D eigenvalue weighted by Gasteiger charge is -2.49. The summed E-state index contributed by atoms with van der Waals surface area (Å²) >= 11 is 0. The Labute approximate surface area is 778 Å². The Morgan fingerprint density at radius 2 is 0.485 bits per heavy atom. The van der Waals surface area contributed by atoms with Crippen molar-refractivity contribution in [2.75, 3.05) is 52.9 Å². The van der Waals surface area contributed by atoms with Gasteiger partial charge in [0.15, 0.2) is 0 Å².